The molecule has 0 bridgehead atoms. The molecule has 0 saturated carbocycles. The van der Waals surface area contributed by atoms with Crippen molar-refractivity contribution in [2.45, 2.75) is 62.4 Å². The number of carbonyl (C=O) groups is 3. The van der Waals surface area contributed by atoms with Crippen LogP contribution in [0.5, 0.6) is 17.2 Å². The first kappa shape index (κ1) is 28.1. The normalized spacial score (nSPS) is 29.4. The number of phenolic OH excluding ortho intramolecular Hbond substituents is 2. The van der Waals surface area contributed by atoms with Gasteiger partial charge in [-0.15, -0.1) is 0 Å². The Hall–Kier alpha value is -3.39. The highest BCUT2D eigenvalue weighted by atomic mass is 16.7. The van der Waals surface area contributed by atoms with Crippen LogP contribution in [0, 0.1) is 0 Å². The number of Topliss-reactive ketones (excluding diaryl/α,β-unsaturated/α-hetero) is 1. The van der Waals surface area contributed by atoms with Crippen molar-refractivity contribution in [1.82, 2.24) is 5.32 Å². The van der Waals surface area contributed by atoms with Gasteiger partial charge in [0.1, 0.15) is 29.5 Å². The van der Waals surface area contributed by atoms with E-state index in [1.165, 1.54) is 25.3 Å². The van der Waals surface area contributed by atoms with E-state index in [1.807, 2.05) is 0 Å². The summed E-state index contributed by atoms with van der Waals surface area (Å²) in [6.07, 6.45) is -4.66. The molecule has 0 spiro atoms. The first-order valence-corrected chi connectivity index (χ1v) is 12.9. The largest absolute Gasteiger partial charge is 0.507 e. The number of methoxy groups -OCH3 is 1. The van der Waals surface area contributed by atoms with Gasteiger partial charge in [0, 0.05) is 42.0 Å². The molecule has 214 valence electrons. The maximum atomic E-state index is 13.7. The molecule has 2 aliphatic carbocycles. The minimum Gasteiger partial charge on any atom is -0.507 e. The lowest BCUT2D eigenvalue weighted by Crippen LogP contribution is -2.53. The molecule has 6 N–H and O–H groups in total. The van der Waals surface area contributed by atoms with Crippen molar-refractivity contribution >= 4 is 17.3 Å². The Morgan fingerprint density at radius 1 is 1.15 bits per heavy atom. The molecule has 40 heavy (non-hydrogen) atoms. The minimum absolute atomic E-state index is 0.0435. The summed E-state index contributed by atoms with van der Waals surface area (Å²) in [5.41, 5.74) is -3.52. The van der Waals surface area contributed by atoms with Crippen LogP contribution in [0.25, 0.3) is 0 Å². The minimum atomic E-state index is -2.23. The number of fused-ring (bicyclic) bond motifs is 3. The van der Waals surface area contributed by atoms with Gasteiger partial charge in [-0.2, -0.15) is 0 Å². The Morgan fingerprint density at radius 2 is 1.85 bits per heavy atom. The molecule has 2 aromatic rings. The molecule has 0 aromatic heterocycles. The molecule has 12 heteroatoms. The number of hydrogen-bond acceptors (Lipinski definition) is 12. The predicted octanol–water partition coefficient (Wildman–Crippen LogP) is 0.262. The Kier molecular flexibility index (Phi) is 7.19. The number of carbonyl (C=O) groups excluding carboxylic acids is 3. The van der Waals surface area contributed by atoms with Crippen LogP contribution in [0.15, 0.2) is 18.2 Å². The van der Waals surface area contributed by atoms with Gasteiger partial charge in [0.2, 0.25) is 5.78 Å². The number of likely N-dealkylation sites (N-methyl/N-ethyl adjacent to an activating group) is 1. The number of aliphatic hydroxyl groups excluding tert-OH is 2. The number of nitrogens with one attached hydrogen (secondary N) is 1. The van der Waals surface area contributed by atoms with E-state index >= 15 is 0 Å². The second kappa shape index (κ2) is 10.2. The SMILES string of the molecule is CNC1CC(OC2CC(O)(C(=O)CO)Cc3c(O)c4c(c(O)c32)C(=O)c2c(OC)cccc2C4=O)OC(C)C1O. The quantitative estimate of drug-likeness (QED) is 0.227. The van der Waals surface area contributed by atoms with E-state index in [1.54, 1.807) is 14.0 Å². The van der Waals surface area contributed by atoms with Gasteiger partial charge in [-0.25, -0.2) is 0 Å². The smallest absolute Gasteiger partial charge is 0.202 e. The molecule has 1 saturated heterocycles. The molecule has 2 aromatic carbocycles. The van der Waals surface area contributed by atoms with Crippen LogP contribution in [0.2, 0.25) is 0 Å². The number of benzene rings is 2. The van der Waals surface area contributed by atoms with E-state index in [0.29, 0.717) is 0 Å². The molecule has 1 aliphatic heterocycles. The third-order valence-corrected chi connectivity index (χ3v) is 8.13. The van der Waals surface area contributed by atoms with Crippen molar-refractivity contribution in [3.63, 3.8) is 0 Å². The average molecular weight is 558 g/mol. The van der Waals surface area contributed by atoms with Crippen molar-refractivity contribution < 1.29 is 54.1 Å². The fourth-order valence-electron chi connectivity index (χ4n) is 6.00. The van der Waals surface area contributed by atoms with Gasteiger partial charge < -0.3 is 45.1 Å². The van der Waals surface area contributed by atoms with Crippen LogP contribution in [-0.2, 0) is 20.7 Å². The third kappa shape index (κ3) is 4.19. The summed E-state index contributed by atoms with van der Waals surface area (Å²) in [6.45, 7) is 0.631. The van der Waals surface area contributed by atoms with Crippen molar-refractivity contribution in [2.24, 2.45) is 0 Å². The third-order valence-electron chi connectivity index (χ3n) is 8.13. The Labute approximate surface area is 229 Å². The lowest BCUT2D eigenvalue weighted by Gasteiger charge is -2.42. The molecule has 1 heterocycles. The zero-order valence-electron chi connectivity index (χ0n) is 22.1. The van der Waals surface area contributed by atoms with Crippen LogP contribution in [0.3, 0.4) is 0 Å². The first-order valence-electron chi connectivity index (χ1n) is 12.9. The summed E-state index contributed by atoms with van der Waals surface area (Å²) in [5, 5.41) is 57.1. The van der Waals surface area contributed by atoms with Gasteiger partial charge in [-0.05, 0) is 20.0 Å². The van der Waals surface area contributed by atoms with Crippen molar-refractivity contribution in [1.29, 1.82) is 0 Å². The van der Waals surface area contributed by atoms with E-state index in [4.69, 9.17) is 14.2 Å². The summed E-state index contributed by atoms with van der Waals surface area (Å²) in [5.74, 6) is -3.69. The van der Waals surface area contributed by atoms with Crippen LogP contribution < -0.4 is 10.1 Å². The summed E-state index contributed by atoms with van der Waals surface area (Å²) in [6, 6.07) is 3.96. The number of hydrogen-bond donors (Lipinski definition) is 6. The molecular formula is C28H31NO11. The molecule has 3 aliphatic rings. The van der Waals surface area contributed by atoms with E-state index < -0.39 is 95.7 Å². The number of aromatic hydroxyl groups is 2. The first-order chi connectivity index (χ1) is 19.0. The molecule has 12 nitrogen and oxygen atoms in total. The van der Waals surface area contributed by atoms with Crippen molar-refractivity contribution in [2.75, 3.05) is 20.8 Å². The number of rotatable bonds is 6. The van der Waals surface area contributed by atoms with Crippen LogP contribution in [0.1, 0.15) is 68.8 Å². The fraction of sp³-hybridized carbons (Fsp3) is 0.464. The number of aliphatic hydroxyl groups is 3. The second-order valence-electron chi connectivity index (χ2n) is 10.4. The Balaban J connectivity index is 1.68. The van der Waals surface area contributed by atoms with E-state index in [0.717, 1.165) is 0 Å². The van der Waals surface area contributed by atoms with Crippen LogP contribution in [0.4, 0.5) is 0 Å². The molecule has 0 radical (unpaired) electrons. The topological polar surface area (TPSA) is 192 Å². The highest BCUT2D eigenvalue weighted by Crippen LogP contribution is 2.52. The van der Waals surface area contributed by atoms with Crippen LogP contribution >= 0.6 is 0 Å². The summed E-state index contributed by atoms with van der Waals surface area (Å²) in [4.78, 5) is 39.9. The molecule has 1 fully saturated rings. The molecule has 5 rings (SSSR count). The fourth-order valence-corrected chi connectivity index (χ4v) is 6.00. The maximum Gasteiger partial charge on any atom is 0.202 e. The predicted molar refractivity (Wildman–Crippen MR) is 137 cm³/mol. The Bertz CT molecular complexity index is 1410. The lowest BCUT2D eigenvalue weighted by atomic mass is 9.72. The van der Waals surface area contributed by atoms with Crippen molar-refractivity contribution in [3.05, 3.63) is 51.6 Å². The monoisotopic (exact) mass is 557 g/mol. The Morgan fingerprint density at radius 3 is 2.50 bits per heavy atom. The van der Waals surface area contributed by atoms with Crippen molar-refractivity contribution in [3.8, 4) is 17.2 Å². The number of ketones is 3. The van der Waals surface area contributed by atoms with Gasteiger partial charge >= 0.3 is 0 Å². The second-order valence-corrected chi connectivity index (χ2v) is 10.4. The number of phenols is 2. The van der Waals surface area contributed by atoms with Gasteiger partial charge in [0.05, 0.1) is 42.1 Å². The molecule has 6 atom stereocenters. The standard InChI is InChI=1S/C28H31NO11/c1-11-23(32)14(29-2)7-18(39-11)40-16-9-28(37,17(31)10-30)8-13-20(16)27(36)22-21(25(13)34)24(33)12-5-4-6-15(38-3)19(12)26(22)35/h4-6,11,14,16,18,23,29-30,32,34,36-37H,7-10H2,1-3H3. The summed E-state index contributed by atoms with van der Waals surface area (Å²) < 4.78 is 17.2. The van der Waals surface area contributed by atoms with E-state index in [2.05, 4.69) is 5.32 Å². The highest BCUT2D eigenvalue weighted by molar-refractivity contribution is 6.31. The van der Waals surface area contributed by atoms with E-state index in [-0.39, 0.29) is 34.4 Å². The lowest BCUT2D eigenvalue weighted by molar-refractivity contribution is -0.249. The zero-order valence-corrected chi connectivity index (χ0v) is 22.1. The molecular weight excluding hydrogens is 526 g/mol. The molecule has 6 unspecified atom stereocenters. The van der Waals surface area contributed by atoms with Crippen LogP contribution in [-0.4, -0.2) is 93.8 Å². The van der Waals surface area contributed by atoms with Gasteiger partial charge in [-0.3, -0.25) is 14.4 Å². The van der Waals surface area contributed by atoms with Gasteiger partial charge in [0.25, 0.3) is 0 Å². The van der Waals surface area contributed by atoms with Gasteiger partial charge in [-0.1, -0.05) is 12.1 Å². The van der Waals surface area contributed by atoms with E-state index in [9.17, 15) is 39.9 Å². The molecule has 0 amide bonds. The maximum absolute atomic E-state index is 13.7. The number of ether oxygens (including phenoxy) is 3. The average Bonchev–Trinajstić information content (AvgIpc) is 2.94. The summed E-state index contributed by atoms with van der Waals surface area (Å²) >= 11 is 0. The highest BCUT2D eigenvalue weighted by Gasteiger charge is 2.50. The van der Waals surface area contributed by atoms with Gasteiger partial charge in [0.15, 0.2) is 17.9 Å². The zero-order chi connectivity index (χ0) is 29.1. The summed E-state index contributed by atoms with van der Waals surface area (Å²) in [7, 11) is 2.99.